The van der Waals surface area contributed by atoms with Crippen LogP contribution in [0.2, 0.25) is 0 Å². The van der Waals surface area contributed by atoms with Crippen LogP contribution in [0.1, 0.15) is 5.56 Å². The molecule has 0 radical (unpaired) electrons. The second-order valence-corrected chi connectivity index (χ2v) is 4.27. The van der Waals surface area contributed by atoms with Gasteiger partial charge in [0.1, 0.15) is 5.82 Å². The number of aromatic nitrogens is 1. The van der Waals surface area contributed by atoms with Crippen LogP contribution >= 0.6 is 0 Å². The van der Waals surface area contributed by atoms with Crippen molar-refractivity contribution in [3.8, 4) is 0 Å². The molecule has 1 heterocycles. The molecule has 0 atom stereocenters. The summed E-state index contributed by atoms with van der Waals surface area (Å²) in [7, 11) is 0. The van der Waals surface area contributed by atoms with E-state index < -0.39 is 11.7 Å². The second kappa shape index (κ2) is 3.85. The van der Waals surface area contributed by atoms with Gasteiger partial charge in [-0.3, -0.25) is 0 Å². The zero-order chi connectivity index (χ0) is 13.6. The van der Waals surface area contributed by atoms with Crippen LogP contribution in [0.15, 0.2) is 42.5 Å². The molecule has 2 aromatic carbocycles. The Balaban J connectivity index is 2.46. The fourth-order valence-electron chi connectivity index (χ4n) is 2.16. The number of hydrogen-bond acceptors (Lipinski definition) is 2. The number of alkyl halides is 3. The average molecular weight is 262 g/mol. The molecule has 0 bridgehead atoms. The molecule has 0 aliphatic heterocycles. The molecule has 0 saturated heterocycles. The summed E-state index contributed by atoms with van der Waals surface area (Å²) >= 11 is 0. The van der Waals surface area contributed by atoms with Crippen molar-refractivity contribution in [3.63, 3.8) is 0 Å². The zero-order valence-corrected chi connectivity index (χ0v) is 9.70. The van der Waals surface area contributed by atoms with Crippen molar-refractivity contribution < 1.29 is 13.2 Å². The van der Waals surface area contributed by atoms with Gasteiger partial charge in [-0.25, -0.2) is 4.98 Å². The Morgan fingerprint density at radius 3 is 2.37 bits per heavy atom. The average Bonchev–Trinajstić information content (AvgIpc) is 2.37. The minimum Gasteiger partial charge on any atom is -0.383 e. The van der Waals surface area contributed by atoms with Crippen LogP contribution in [-0.2, 0) is 6.18 Å². The lowest BCUT2D eigenvalue weighted by Crippen LogP contribution is -2.05. The molecule has 19 heavy (non-hydrogen) atoms. The number of rotatable bonds is 0. The first-order valence-corrected chi connectivity index (χ1v) is 5.62. The van der Waals surface area contributed by atoms with Crippen LogP contribution in [0.25, 0.3) is 21.7 Å². The minimum absolute atomic E-state index is 0.238. The zero-order valence-electron chi connectivity index (χ0n) is 9.70. The Morgan fingerprint density at radius 2 is 1.63 bits per heavy atom. The molecule has 0 fully saturated rings. The number of halogens is 3. The molecule has 0 aliphatic carbocycles. The van der Waals surface area contributed by atoms with E-state index in [9.17, 15) is 13.2 Å². The predicted molar refractivity (Wildman–Crippen MR) is 68.7 cm³/mol. The summed E-state index contributed by atoms with van der Waals surface area (Å²) in [4.78, 5) is 4.19. The second-order valence-electron chi connectivity index (χ2n) is 4.27. The molecule has 1 aromatic heterocycles. The normalized spacial score (nSPS) is 12.2. The van der Waals surface area contributed by atoms with Gasteiger partial charge in [0.15, 0.2) is 0 Å². The molecule has 5 heteroatoms. The van der Waals surface area contributed by atoms with Gasteiger partial charge < -0.3 is 5.73 Å². The highest BCUT2D eigenvalue weighted by Crippen LogP contribution is 2.34. The molecule has 0 spiro atoms. The highest BCUT2D eigenvalue weighted by molar-refractivity contribution is 6.09. The third-order valence-electron chi connectivity index (χ3n) is 3.06. The molecular weight excluding hydrogens is 253 g/mol. The van der Waals surface area contributed by atoms with E-state index in [0.29, 0.717) is 21.7 Å². The highest BCUT2D eigenvalue weighted by atomic mass is 19.4. The minimum atomic E-state index is -4.37. The number of anilines is 1. The number of fused-ring (bicyclic) bond motifs is 3. The van der Waals surface area contributed by atoms with Gasteiger partial charge >= 0.3 is 6.18 Å². The molecule has 3 aromatic rings. The SMILES string of the molecule is Nc1nc2ccccc2c2cc(C(F)(F)F)ccc12. The molecule has 0 amide bonds. The summed E-state index contributed by atoms with van der Waals surface area (Å²) < 4.78 is 38.3. The van der Waals surface area contributed by atoms with E-state index >= 15 is 0 Å². The molecule has 2 nitrogen and oxygen atoms in total. The summed E-state index contributed by atoms with van der Waals surface area (Å²) in [5.41, 5.74) is 5.69. The van der Waals surface area contributed by atoms with Crippen LogP contribution in [0.4, 0.5) is 19.0 Å². The Labute approximate surface area is 106 Å². The number of nitrogen functional groups attached to an aromatic ring is 1. The van der Waals surface area contributed by atoms with E-state index in [2.05, 4.69) is 4.98 Å². The maximum absolute atomic E-state index is 12.8. The van der Waals surface area contributed by atoms with Crippen molar-refractivity contribution in [1.82, 2.24) is 4.98 Å². The lowest BCUT2D eigenvalue weighted by Gasteiger charge is -2.10. The van der Waals surface area contributed by atoms with Crippen LogP contribution < -0.4 is 5.73 Å². The van der Waals surface area contributed by atoms with Crippen molar-refractivity contribution in [2.24, 2.45) is 0 Å². The first kappa shape index (κ1) is 11.8. The quantitative estimate of drug-likeness (QED) is 0.622. The van der Waals surface area contributed by atoms with Crippen LogP contribution in [0.3, 0.4) is 0 Å². The maximum Gasteiger partial charge on any atom is 0.416 e. The summed E-state index contributed by atoms with van der Waals surface area (Å²) in [6, 6.07) is 10.5. The maximum atomic E-state index is 12.8. The third-order valence-corrected chi connectivity index (χ3v) is 3.06. The summed E-state index contributed by atoms with van der Waals surface area (Å²) in [6.45, 7) is 0. The lowest BCUT2D eigenvalue weighted by atomic mass is 10.0. The molecule has 3 rings (SSSR count). The van der Waals surface area contributed by atoms with Crippen molar-refractivity contribution in [1.29, 1.82) is 0 Å². The topological polar surface area (TPSA) is 38.9 Å². The largest absolute Gasteiger partial charge is 0.416 e. The number of para-hydroxylation sites is 1. The fraction of sp³-hybridized carbons (Fsp3) is 0.0714. The standard InChI is InChI=1S/C14H9F3N2/c15-14(16,17)8-5-6-10-11(7-8)9-3-1-2-4-12(9)19-13(10)18/h1-7H,(H2,18,19). The number of hydrogen-bond donors (Lipinski definition) is 1. The van der Waals surface area contributed by atoms with Crippen molar-refractivity contribution in [2.45, 2.75) is 6.18 Å². The van der Waals surface area contributed by atoms with Gasteiger partial charge in [-0.2, -0.15) is 13.2 Å². The summed E-state index contributed by atoms with van der Waals surface area (Å²) in [5.74, 6) is 0.238. The predicted octanol–water partition coefficient (Wildman–Crippen LogP) is 3.99. The summed E-state index contributed by atoms with van der Waals surface area (Å²) in [6.07, 6.45) is -4.37. The van der Waals surface area contributed by atoms with E-state index in [1.807, 2.05) is 0 Å². The smallest absolute Gasteiger partial charge is 0.383 e. The van der Waals surface area contributed by atoms with Crippen LogP contribution in [-0.4, -0.2) is 4.98 Å². The molecular formula is C14H9F3N2. The van der Waals surface area contributed by atoms with Crippen molar-refractivity contribution >= 4 is 27.5 Å². The third kappa shape index (κ3) is 1.87. The van der Waals surface area contributed by atoms with E-state index in [4.69, 9.17) is 5.73 Å². The number of nitrogens with two attached hydrogens (primary N) is 1. The molecule has 96 valence electrons. The van der Waals surface area contributed by atoms with E-state index in [-0.39, 0.29) is 5.82 Å². The van der Waals surface area contributed by atoms with Gasteiger partial charge in [-0.15, -0.1) is 0 Å². The van der Waals surface area contributed by atoms with Crippen molar-refractivity contribution in [3.05, 3.63) is 48.0 Å². The fourth-order valence-corrected chi connectivity index (χ4v) is 2.16. The van der Waals surface area contributed by atoms with E-state index in [0.717, 1.165) is 12.1 Å². The summed E-state index contributed by atoms with van der Waals surface area (Å²) in [5, 5.41) is 1.67. The van der Waals surface area contributed by atoms with Gasteiger partial charge in [0, 0.05) is 10.8 Å². The van der Waals surface area contributed by atoms with E-state index in [1.165, 1.54) is 6.07 Å². The van der Waals surface area contributed by atoms with Crippen molar-refractivity contribution in [2.75, 3.05) is 5.73 Å². The Kier molecular flexibility index (Phi) is 2.38. The van der Waals surface area contributed by atoms with Gasteiger partial charge in [0.05, 0.1) is 11.1 Å². The molecule has 0 saturated carbocycles. The highest BCUT2D eigenvalue weighted by Gasteiger charge is 2.30. The van der Waals surface area contributed by atoms with Gasteiger partial charge in [-0.1, -0.05) is 24.3 Å². The van der Waals surface area contributed by atoms with Gasteiger partial charge in [-0.05, 0) is 23.6 Å². The Hall–Kier alpha value is -2.30. The Morgan fingerprint density at radius 1 is 0.895 bits per heavy atom. The number of benzene rings is 2. The Bertz CT molecular complexity index is 779. The molecule has 0 unspecified atom stereocenters. The first-order valence-electron chi connectivity index (χ1n) is 5.62. The number of nitrogens with zero attached hydrogens (tertiary/aromatic N) is 1. The first-order chi connectivity index (χ1) is 8.97. The van der Waals surface area contributed by atoms with Crippen LogP contribution in [0.5, 0.6) is 0 Å². The number of pyridine rings is 1. The van der Waals surface area contributed by atoms with E-state index in [1.54, 1.807) is 24.3 Å². The molecule has 2 N–H and O–H groups in total. The monoisotopic (exact) mass is 262 g/mol. The van der Waals surface area contributed by atoms with Gasteiger partial charge in [0.2, 0.25) is 0 Å². The molecule has 0 aliphatic rings. The van der Waals surface area contributed by atoms with Gasteiger partial charge in [0.25, 0.3) is 0 Å². The van der Waals surface area contributed by atoms with Crippen LogP contribution in [0, 0.1) is 0 Å². The lowest BCUT2D eigenvalue weighted by molar-refractivity contribution is -0.137.